The van der Waals surface area contributed by atoms with Crippen LogP contribution >= 0.6 is 0 Å². The normalized spacial score (nSPS) is 20.5. The molecule has 1 aliphatic rings. The van der Waals surface area contributed by atoms with Crippen LogP contribution in [0.5, 0.6) is 0 Å². The molecule has 0 amide bonds. The van der Waals surface area contributed by atoms with Gasteiger partial charge in [0.1, 0.15) is 0 Å². The maximum absolute atomic E-state index is 2.70. The van der Waals surface area contributed by atoms with Crippen molar-refractivity contribution in [1.82, 2.24) is 0 Å². The molecule has 0 spiro atoms. The number of aryl methyl sites for hydroxylation is 2. The second-order valence-corrected chi connectivity index (χ2v) is 23.5. The molecule has 0 bridgehead atoms. The molecule has 2 rings (SSSR count). The molecule has 1 unspecified atom stereocenters. The van der Waals surface area contributed by atoms with Crippen LogP contribution in [0.2, 0.25) is 32.8 Å². The molecule has 0 fully saturated rings. The molecule has 0 aliphatic heterocycles. The van der Waals surface area contributed by atoms with Crippen molar-refractivity contribution in [1.29, 1.82) is 0 Å². The molecule has 0 nitrogen and oxygen atoms in total. The first-order valence-corrected chi connectivity index (χ1v) is 20.4. The molecule has 0 heterocycles. The first-order valence-electron chi connectivity index (χ1n) is 12.5. The number of hydrogen-bond donors (Lipinski definition) is 0. The molecule has 1 aromatic rings. The van der Waals surface area contributed by atoms with Crippen molar-refractivity contribution < 1.29 is 16.6 Å². The van der Waals surface area contributed by atoms with E-state index in [-0.39, 0.29) is 5.04 Å². The summed E-state index contributed by atoms with van der Waals surface area (Å²) in [6, 6.07) is 10.6. The van der Waals surface area contributed by atoms with Crippen LogP contribution in [-0.2, 0) is 29.4 Å². The first kappa shape index (κ1) is 25.9. The van der Waals surface area contributed by atoms with Gasteiger partial charge in [-0.05, 0) is 0 Å². The summed E-state index contributed by atoms with van der Waals surface area (Å²) in [4.78, 5) is 0. The predicted molar refractivity (Wildman–Crippen MR) is 138 cm³/mol. The van der Waals surface area contributed by atoms with Crippen molar-refractivity contribution in [2.24, 2.45) is 0 Å². The number of allylic oxidation sites excluding steroid dienone is 4. The van der Waals surface area contributed by atoms with Gasteiger partial charge in [-0.2, -0.15) is 0 Å². The predicted octanol–water partition coefficient (Wildman–Crippen LogP) is 8.97. The Morgan fingerprint density at radius 2 is 1.23 bits per heavy atom. The van der Waals surface area contributed by atoms with E-state index < -0.39 is 24.7 Å². The van der Waals surface area contributed by atoms with Crippen molar-refractivity contribution in [3.8, 4) is 0 Å². The zero-order chi connectivity index (χ0) is 22.9. The molecule has 0 radical (unpaired) electrons. The number of rotatable bonds is 9. The van der Waals surface area contributed by atoms with Gasteiger partial charge in [-0.3, -0.25) is 0 Å². The van der Waals surface area contributed by atoms with E-state index in [1.54, 1.807) is 33.0 Å². The van der Waals surface area contributed by atoms with Crippen LogP contribution in [0.4, 0.5) is 0 Å². The Morgan fingerprint density at radius 1 is 0.767 bits per heavy atom. The van der Waals surface area contributed by atoms with Crippen LogP contribution in [0.1, 0.15) is 79.4 Å². The van der Waals surface area contributed by atoms with Gasteiger partial charge in [-0.25, -0.2) is 0 Å². The monoisotopic (exact) mass is 460 g/mol. The fraction of sp³-hybridized carbons (Fsp3) is 0.643. The molecular weight excluding hydrogens is 412 g/mol. The molecule has 30 heavy (non-hydrogen) atoms. The summed E-state index contributed by atoms with van der Waals surface area (Å²) in [7, 11) is -1.85. The second-order valence-electron chi connectivity index (χ2n) is 11.0. The molecular formula is C28H48SiTi. The van der Waals surface area contributed by atoms with E-state index in [0.29, 0.717) is 0 Å². The number of hydrogen-bond acceptors (Lipinski definition) is 0. The average Bonchev–Trinajstić information content (AvgIpc) is 2.87. The Kier molecular flexibility index (Phi) is 8.31. The molecule has 1 aromatic carbocycles. The molecule has 168 valence electrons. The fourth-order valence-corrected chi connectivity index (χ4v) is 20.8. The molecule has 0 N–H and O–H groups in total. The van der Waals surface area contributed by atoms with E-state index in [9.17, 15) is 0 Å². The minimum atomic E-state index is -2.06. The van der Waals surface area contributed by atoms with Gasteiger partial charge in [0.05, 0.1) is 0 Å². The third kappa shape index (κ3) is 4.16. The zero-order valence-electron chi connectivity index (χ0n) is 22.0. The van der Waals surface area contributed by atoms with Gasteiger partial charge in [0, 0.05) is 0 Å². The summed E-state index contributed by atoms with van der Waals surface area (Å²) < 4.78 is 1.92. The molecule has 0 saturated carbocycles. The minimum absolute atomic E-state index is 0.281. The molecule has 0 saturated heterocycles. The Bertz CT molecular complexity index is 808. The molecule has 0 aromatic heterocycles. The van der Waals surface area contributed by atoms with E-state index in [0.717, 1.165) is 12.8 Å². The zero-order valence-corrected chi connectivity index (χ0v) is 24.5. The van der Waals surface area contributed by atoms with Crippen LogP contribution in [0, 0.1) is 0 Å². The first-order chi connectivity index (χ1) is 13.9. The molecule has 1 aliphatic carbocycles. The average molecular weight is 461 g/mol. The van der Waals surface area contributed by atoms with Gasteiger partial charge >= 0.3 is 194 Å². The fourth-order valence-electron chi connectivity index (χ4n) is 6.82. The van der Waals surface area contributed by atoms with E-state index >= 15 is 0 Å². The molecule has 1 atom stereocenters. The van der Waals surface area contributed by atoms with Gasteiger partial charge in [0.25, 0.3) is 0 Å². The Balaban J connectivity index is 2.98. The van der Waals surface area contributed by atoms with Crippen molar-refractivity contribution in [3.63, 3.8) is 0 Å². The van der Waals surface area contributed by atoms with Crippen molar-refractivity contribution >= 4 is 13.3 Å². The van der Waals surface area contributed by atoms with Gasteiger partial charge in [0.15, 0.2) is 0 Å². The standard InChI is InChI=1S/C25H39Si.3CH3.Ti/c1-9-13-26(14-10-2,25(8)18-19(5)20(6)21(25)7)24-16-22(11-3)15-23(12-4)17-24;;;;/h15-17H,9-14H2,1-8H3;3*1H3;. The third-order valence-electron chi connectivity index (χ3n) is 8.23. The van der Waals surface area contributed by atoms with Crippen LogP contribution in [0.25, 0.3) is 0 Å². The van der Waals surface area contributed by atoms with Crippen molar-refractivity contribution in [3.05, 3.63) is 49.9 Å². The van der Waals surface area contributed by atoms with Crippen LogP contribution in [-0.4, -0.2) is 8.07 Å². The van der Waals surface area contributed by atoms with Gasteiger partial charge in [0.2, 0.25) is 0 Å². The maximum atomic E-state index is 2.70. The second kappa shape index (κ2) is 9.64. The van der Waals surface area contributed by atoms with Crippen molar-refractivity contribution in [2.45, 2.75) is 114 Å². The topological polar surface area (TPSA) is 0 Å². The van der Waals surface area contributed by atoms with E-state index in [1.165, 1.54) is 24.9 Å². The Labute approximate surface area is 193 Å². The summed E-state index contributed by atoms with van der Waals surface area (Å²) in [5.41, 5.74) is 8.08. The Morgan fingerprint density at radius 3 is 1.60 bits per heavy atom. The third-order valence-corrected chi connectivity index (χ3v) is 19.0. The summed E-state index contributed by atoms with van der Waals surface area (Å²) in [6.07, 6.45) is 4.89. The quantitative estimate of drug-likeness (QED) is 0.323. The van der Waals surface area contributed by atoms with E-state index in [1.807, 2.05) is 3.88 Å². The van der Waals surface area contributed by atoms with Gasteiger partial charge < -0.3 is 0 Å². The molecule has 2 heteroatoms. The van der Waals surface area contributed by atoms with Crippen LogP contribution in [0.15, 0.2) is 38.8 Å². The summed E-state index contributed by atoms with van der Waals surface area (Å²) in [6.45, 7) is 19.6. The van der Waals surface area contributed by atoms with Gasteiger partial charge in [-0.1, -0.05) is 0 Å². The van der Waals surface area contributed by atoms with E-state index in [2.05, 4.69) is 89.3 Å². The van der Waals surface area contributed by atoms with E-state index in [4.69, 9.17) is 0 Å². The summed E-state index contributed by atoms with van der Waals surface area (Å²) >= 11 is -2.06. The van der Waals surface area contributed by atoms with Crippen LogP contribution < -0.4 is 5.19 Å². The summed E-state index contributed by atoms with van der Waals surface area (Å²) in [5.74, 6) is 0. The Hall–Kier alpha value is -0.369. The van der Waals surface area contributed by atoms with Crippen molar-refractivity contribution in [2.75, 3.05) is 0 Å². The SMILES string of the molecule is CCC[Si](CCC)(c1cc(CC)cc(CC)c1)C1(C)C(C)=C(C)C(C)=[C]1[Ti]([CH3])([CH3])[CH3]. The number of benzene rings is 1. The van der Waals surface area contributed by atoms with Crippen LogP contribution in [0.3, 0.4) is 0 Å². The summed E-state index contributed by atoms with van der Waals surface area (Å²) in [5, 5.41) is 9.96. The van der Waals surface area contributed by atoms with Gasteiger partial charge in [-0.15, -0.1) is 0 Å².